The molecule has 326 valence electrons. The van der Waals surface area contributed by atoms with Crippen molar-refractivity contribution in [2.75, 3.05) is 59.7 Å². The summed E-state index contributed by atoms with van der Waals surface area (Å²) in [5, 5.41) is 12.3. The lowest BCUT2D eigenvalue weighted by Gasteiger charge is -2.47. The van der Waals surface area contributed by atoms with E-state index in [1.807, 2.05) is 34.7 Å². The molecule has 5 atom stereocenters. The molecule has 13 nitrogen and oxygen atoms in total. The Kier molecular flexibility index (Phi) is 18.7. The smallest absolute Gasteiger partial charge is 0.407 e. The van der Waals surface area contributed by atoms with Gasteiger partial charge in [-0.1, -0.05) is 61.8 Å². The van der Waals surface area contributed by atoms with E-state index in [4.69, 9.17) is 18.9 Å². The van der Waals surface area contributed by atoms with Crippen molar-refractivity contribution in [2.45, 2.75) is 165 Å². The first-order valence-corrected chi connectivity index (χ1v) is 21.2. The van der Waals surface area contributed by atoms with Crippen LogP contribution in [-0.2, 0) is 23.7 Å². The van der Waals surface area contributed by atoms with E-state index in [1.165, 1.54) is 6.92 Å². The summed E-state index contributed by atoms with van der Waals surface area (Å²) in [5.74, 6) is -0.0678. The lowest BCUT2D eigenvalue weighted by atomic mass is 9.62. The van der Waals surface area contributed by atoms with Crippen molar-refractivity contribution in [3.05, 3.63) is 0 Å². The van der Waals surface area contributed by atoms with Gasteiger partial charge >= 0.3 is 18.2 Å². The van der Waals surface area contributed by atoms with E-state index < -0.39 is 17.6 Å². The quantitative estimate of drug-likeness (QED) is 0.0858. The molecule has 0 aromatic rings. The second-order valence-corrected chi connectivity index (χ2v) is 20.1. The molecule has 2 saturated carbocycles. The van der Waals surface area contributed by atoms with Gasteiger partial charge in [-0.15, -0.1) is 0 Å². The molecule has 2 fully saturated rings. The van der Waals surface area contributed by atoms with Gasteiger partial charge in [0.2, 0.25) is 5.91 Å². The van der Waals surface area contributed by atoms with Crippen molar-refractivity contribution in [1.82, 2.24) is 26.2 Å². The molecule has 5 unspecified atom stereocenters. The Morgan fingerprint density at radius 1 is 0.750 bits per heavy atom. The first-order valence-electron chi connectivity index (χ1n) is 21.2. The number of alkyl carbamates (subject to hydrolysis) is 2. The minimum Gasteiger partial charge on any atom is -0.449 e. The van der Waals surface area contributed by atoms with Crippen molar-refractivity contribution in [3.8, 4) is 0 Å². The fourth-order valence-corrected chi connectivity index (χ4v) is 9.35. The van der Waals surface area contributed by atoms with E-state index in [9.17, 15) is 19.2 Å². The number of nitrogens with one attached hydrogen (secondary N) is 4. The number of nitrogens with zero attached hydrogens (tertiary/aromatic N) is 1. The Bertz CT molecular complexity index is 1280. The number of hydrogen-bond donors (Lipinski definition) is 4. The SMILES string of the molecule is CCCCN(C)C(=O)NCC1(C)CC(NC(=O)OCC(CC)(COCCC(C)(C)OCC)COC(=O)NC2CC(C)(C)CC(C)(CNC(C)=O)C2)CC(C)(C)C1. The molecule has 0 heterocycles. The maximum Gasteiger partial charge on any atom is 0.407 e. The number of rotatable bonds is 21. The van der Waals surface area contributed by atoms with Crippen LogP contribution in [0.2, 0.25) is 0 Å². The highest BCUT2D eigenvalue weighted by Gasteiger charge is 2.44. The van der Waals surface area contributed by atoms with Crippen LogP contribution >= 0.6 is 0 Å². The molecule has 5 amide bonds. The standard InChI is InChI=1S/C43H81N5O8/c1-14-17-19-48(13)35(50)45-28-42(12)24-34(22-39(7,8)26-42)47-37(52)55-31-43(15-2,29-53-20-18-40(9,10)56-16-3)30-54-36(51)46-33-21-38(5,6)25-41(11,23-33)27-44-32(4)49/h33-34H,14-31H2,1-13H3,(H,44,49)(H,45,50)(H,46,51)(H,47,52). The number of hydrogen-bond acceptors (Lipinski definition) is 8. The van der Waals surface area contributed by atoms with Gasteiger partial charge in [-0.25, -0.2) is 14.4 Å². The predicted octanol–water partition coefficient (Wildman–Crippen LogP) is 7.80. The topological polar surface area (TPSA) is 157 Å². The molecule has 0 bridgehead atoms. The minimum atomic E-state index is -0.787. The third-order valence-corrected chi connectivity index (χ3v) is 11.7. The van der Waals surface area contributed by atoms with Gasteiger partial charge in [0, 0.05) is 58.9 Å². The molecule has 0 aliphatic heterocycles. The summed E-state index contributed by atoms with van der Waals surface area (Å²) in [7, 11) is 1.82. The van der Waals surface area contributed by atoms with Crippen LogP contribution in [0.1, 0.15) is 147 Å². The van der Waals surface area contributed by atoms with Crippen LogP contribution in [0.4, 0.5) is 14.4 Å². The van der Waals surface area contributed by atoms with Crippen LogP contribution in [0.3, 0.4) is 0 Å². The number of ether oxygens (including phenoxy) is 4. The second kappa shape index (κ2) is 21.3. The van der Waals surface area contributed by atoms with Gasteiger partial charge < -0.3 is 45.1 Å². The molecule has 0 saturated heterocycles. The number of carbonyl (C=O) groups excluding carboxylic acids is 4. The van der Waals surface area contributed by atoms with Gasteiger partial charge in [-0.3, -0.25) is 4.79 Å². The highest BCUT2D eigenvalue weighted by molar-refractivity contribution is 5.74. The van der Waals surface area contributed by atoms with E-state index in [-0.39, 0.29) is 71.1 Å². The number of amides is 5. The monoisotopic (exact) mass is 796 g/mol. The van der Waals surface area contributed by atoms with E-state index >= 15 is 0 Å². The molecule has 4 N–H and O–H groups in total. The summed E-state index contributed by atoms with van der Waals surface area (Å²) in [6.45, 7) is 27.7. The molecule has 0 radical (unpaired) electrons. The summed E-state index contributed by atoms with van der Waals surface area (Å²) < 4.78 is 23.9. The van der Waals surface area contributed by atoms with Crippen LogP contribution in [0, 0.1) is 27.1 Å². The van der Waals surface area contributed by atoms with Gasteiger partial charge in [0.25, 0.3) is 0 Å². The molecule has 13 heteroatoms. The molecular formula is C43H81N5O8. The van der Waals surface area contributed by atoms with Crippen molar-refractivity contribution < 1.29 is 38.1 Å². The summed E-state index contributed by atoms with van der Waals surface area (Å²) in [4.78, 5) is 53.1. The molecule has 56 heavy (non-hydrogen) atoms. The van der Waals surface area contributed by atoms with Crippen molar-refractivity contribution in [1.29, 1.82) is 0 Å². The maximum atomic E-state index is 13.5. The highest BCUT2D eigenvalue weighted by Crippen LogP contribution is 2.47. The molecule has 2 aliphatic carbocycles. The van der Waals surface area contributed by atoms with Gasteiger partial charge in [0.1, 0.15) is 13.2 Å². The Morgan fingerprint density at radius 3 is 1.70 bits per heavy atom. The van der Waals surface area contributed by atoms with Crippen molar-refractivity contribution in [3.63, 3.8) is 0 Å². The number of unbranched alkanes of at least 4 members (excludes halogenated alkanes) is 1. The van der Waals surface area contributed by atoms with Gasteiger partial charge in [-0.2, -0.15) is 0 Å². The molecular weight excluding hydrogens is 714 g/mol. The highest BCUT2D eigenvalue weighted by atomic mass is 16.6. The van der Waals surface area contributed by atoms with E-state index in [0.29, 0.717) is 58.5 Å². The summed E-state index contributed by atoms with van der Waals surface area (Å²) in [6, 6.07) is -0.344. The van der Waals surface area contributed by atoms with Gasteiger partial charge in [0.15, 0.2) is 0 Å². The normalized spacial score (nSPS) is 25.6. The number of urea groups is 1. The van der Waals surface area contributed by atoms with Crippen LogP contribution < -0.4 is 21.3 Å². The largest absolute Gasteiger partial charge is 0.449 e. The zero-order valence-electron chi connectivity index (χ0n) is 37.6. The first-order chi connectivity index (χ1) is 25.9. The number of carbonyl (C=O) groups is 4. The van der Waals surface area contributed by atoms with Crippen molar-refractivity contribution in [2.24, 2.45) is 27.1 Å². The molecule has 0 spiro atoms. The van der Waals surface area contributed by atoms with E-state index in [1.54, 1.807) is 4.90 Å². The second-order valence-electron chi connectivity index (χ2n) is 20.1. The van der Waals surface area contributed by atoms with Crippen LogP contribution in [0.15, 0.2) is 0 Å². The minimum absolute atomic E-state index is 0.00231. The van der Waals surface area contributed by atoms with Crippen molar-refractivity contribution >= 4 is 24.1 Å². The first kappa shape index (κ1) is 49.3. The third-order valence-electron chi connectivity index (χ3n) is 11.7. The fraction of sp³-hybridized carbons (Fsp3) is 0.907. The molecule has 2 rings (SSSR count). The maximum absolute atomic E-state index is 13.5. The molecule has 0 aromatic carbocycles. The average Bonchev–Trinajstić information content (AvgIpc) is 3.06. The lowest BCUT2D eigenvalue weighted by molar-refractivity contribution is -0.119. The Hall–Kier alpha value is -2.80. The van der Waals surface area contributed by atoms with Crippen LogP contribution in [0.25, 0.3) is 0 Å². The summed E-state index contributed by atoms with van der Waals surface area (Å²) in [5.41, 5.74) is -1.62. The van der Waals surface area contributed by atoms with E-state index in [2.05, 4.69) is 69.7 Å². The average molecular weight is 796 g/mol. The Labute approximate surface area is 339 Å². The summed E-state index contributed by atoms with van der Waals surface area (Å²) in [6.07, 6.45) is 6.96. The third kappa shape index (κ3) is 17.8. The van der Waals surface area contributed by atoms with Gasteiger partial charge in [0.05, 0.1) is 17.6 Å². The Morgan fingerprint density at radius 2 is 1.25 bits per heavy atom. The zero-order valence-corrected chi connectivity index (χ0v) is 37.6. The van der Waals surface area contributed by atoms with Crippen LogP contribution in [-0.4, -0.2) is 106 Å². The summed E-state index contributed by atoms with van der Waals surface area (Å²) >= 11 is 0. The predicted molar refractivity (Wildman–Crippen MR) is 222 cm³/mol. The van der Waals surface area contributed by atoms with Gasteiger partial charge in [-0.05, 0) is 100 Å². The van der Waals surface area contributed by atoms with E-state index in [0.717, 1.165) is 38.5 Å². The van der Waals surface area contributed by atoms with Crippen LogP contribution in [0.5, 0.6) is 0 Å². The lowest BCUT2D eigenvalue weighted by Crippen LogP contribution is -2.52. The fourth-order valence-electron chi connectivity index (χ4n) is 9.35. The molecule has 0 aromatic heterocycles. The zero-order chi connectivity index (χ0) is 42.4. The Balaban J connectivity index is 2.11. The molecule has 2 aliphatic rings.